The third-order valence-corrected chi connectivity index (χ3v) is 4.26. The minimum Gasteiger partial charge on any atom is -0.311 e. The summed E-state index contributed by atoms with van der Waals surface area (Å²) in [6.45, 7) is 6.80. The molecule has 1 aromatic heterocycles. The fourth-order valence-corrected chi connectivity index (χ4v) is 3.29. The fraction of sp³-hybridized carbons (Fsp3) is 0.692. The van der Waals surface area contributed by atoms with Gasteiger partial charge in [-0.05, 0) is 60.6 Å². The first-order valence-electron chi connectivity index (χ1n) is 6.07. The van der Waals surface area contributed by atoms with Gasteiger partial charge in [0.1, 0.15) is 0 Å². The number of thiophene rings is 1. The standard InChI is InChI=1S/C13H23NS2/c1-4-15-7-5-11(2)14-12(3)9-13-6-8-16-10-13/h6,8,10-12,14H,4-5,7,9H2,1-3H3. The molecule has 3 heteroatoms. The summed E-state index contributed by atoms with van der Waals surface area (Å²) in [6, 6.07) is 3.43. The van der Waals surface area contributed by atoms with E-state index < -0.39 is 0 Å². The Kier molecular flexibility index (Phi) is 7.17. The monoisotopic (exact) mass is 257 g/mol. The molecule has 0 saturated carbocycles. The van der Waals surface area contributed by atoms with Crippen molar-refractivity contribution in [1.82, 2.24) is 5.32 Å². The third kappa shape index (κ3) is 5.92. The Bertz CT molecular complexity index is 259. The maximum Gasteiger partial charge on any atom is 0.00819 e. The first-order chi connectivity index (χ1) is 7.72. The molecule has 1 aromatic rings. The molecule has 0 saturated heterocycles. The molecule has 0 spiro atoms. The second-order valence-electron chi connectivity index (χ2n) is 4.29. The largest absolute Gasteiger partial charge is 0.311 e. The Morgan fingerprint density at radius 3 is 2.81 bits per heavy atom. The number of nitrogens with one attached hydrogen (secondary N) is 1. The van der Waals surface area contributed by atoms with Gasteiger partial charge < -0.3 is 5.32 Å². The van der Waals surface area contributed by atoms with Crippen LogP contribution in [0.4, 0.5) is 0 Å². The molecule has 0 radical (unpaired) electrons. The normalized spacial score (nSPS) is 14.9. The third-order valence-electron chi connectivity index (χ3n) is 2.59. The Hall–Kier alpha value is 0.01000. The van der Waals surface area contributed by atoms with Gasteiger partial charge in [0, 0.05) is 12.1 Å². The van der Waals surface area contributed by atoms with Gasteiger partial charge in [-0.1, -0.05) is 6.92 Å². The molecule has 2 atom stereocenters. The second-order valence-corrected chi connectivity index (χ2v) is 6.46. The van der Waals surface area contributed by atoms with Crippen molar-refractivity contribution in [2.75, 3.05) is 11.5 Å². The molecule has 1 rings (SSSR count). The lowest BCUT2D eigenvalue weighted by atomic mass is 10.1. The quantitative estimate of drug-likeness (QED) is 0.711. The van der Waals surface area contributed by atoms with Crippen molar-refractivity contribution in [2.45, 2.75) is 45.7 Å². The fourth-order valence-electron chi connectivity index (χ4n) is 1.79. The average molecular weight is 257 g/mol. The van der Waals surface area contributed by atoms with Gasteiger partial charge in [0.25, 0.3) is 0 Å². The van der Waals surface area contributed by atoms with Crippen molar-refractivity contribution in [1.29, 1.82) is 0 Å². The van der Waals surface area contributed by atoms with E-state index in [1.54, 1.807) is 11.3 Å². The van der Waals surface area contributed by atoms with Crippen molar-refractivity contribution in [3.63, 3.8) is 0 Å². The van der Waals surface area contributed by atoms with E-state index in [4.69, 9.17) is 0 Å². The van der Waals surface area contributed by atoms with Crippen molar-refractivity contribution in [3.8, 4) is 0 Å². The minimum absolute atomic E-state index is 0.580. The van der Waals surface area contributed by atoms with Crippen molar-refractivity contribution >= 4 is 23.1 Å². The van der Waals surface area contributed by atoms with E-state index in [-0.39, 0.29) is 0 Å². The van der Waals surface area contributed by atoms with Crippen LogP contribution >= 0.6 is 23.1 Å². The summed E-state index contributed by atoms with van der Waals surface area (Å²) < 4.78 is 0. The van der Waals surface area contributed by atoms with E-state index in [0.717, 1.165) is 6.42 Å². The first-order valence-corrected chi connectivity index (χ1v) is 8.17. The Balaban J connectivity index is 2.15. The van der Waals surface area contributed by atoms with E-state index >= 15 is 0 Å². The van der Waals surface area contributed by atoms with Crippen LogP contribution in [0.25, 0.3) is 0 Å². The van der Waals surface area contributed by atoms with Gasteiger partial charge in [0.2, 0.25) is 0 Å². The van der Waals surface area contributed by atoms with E-state index in [1.807, 2.05) is 11.8 Å². The molecule has 1 N–H and O–H groups in total. The average Bonchev–Trinajstić information content (AvgIpc) is 2.70. The van der Waals surface area contributed by atoms with E-state index in [2.05, 4.69) is 42.9 Å². The van der Waals surface area contributed by atoms with Crippen LogP contribution < -0.4 is 5.32 Å². The zero-order valence-electron chi connectivity index (χ0n) is 10.5. The molecule has 0 aromatic carbocycles. The van der Waals surface area contributed by atoms with Crippen molar-refractivity contribution in [2.24, 2.45) is 0 Å². The van der Waals surface area contributed by atoms with Crippen LogP contribution in [-0.2, 0) is 6.42 Å². The molecule has 0 aliphatic rings. The number of rotatable bonds is 8. The van der Waals surface area contributed by atoms with Gasteiger partial charge in [-0.2, -0.15) is 23.1 Å². The van der Waals surface area contributed by atoms with Gasteiger partial charge in [0.15, 0.2) is 0 Å². The highest BCUT2D eigenvalue weighted by Gasteiger charge is 2.08. The topological polar surface area (TPSA) is 12.0 Å². The van der Waals surface area contributed by atoms with Crippen LogP contribution in [0.3, 0.4) is 0 Å². The van der Waals surface area contributed by atoms with Gasteiger partial charge in [-0.25, -0.2) is 0 Å². The molecule has 0 amide bonds. The maximum absolute atomic E-state index is 3.67. The number of hydrogen-bond donors (Lipinski definition) is 1. The predicted molar refractivity (Wildman–Crippen MR) is 77.7 cm³/mol. The lowest BCUT2D eigenvalue weighted by Gasteiger charge is -2.19. The molecule has 0 aliphatic heterocycles. The van der Waals surface area contributed by atoms with E-state index in [1.165, 1.54) is 23.5 Å². The molecule has 1 heterocycles. The zero-order chi connectivity index (χ0) is 11.8. The lowest BCUT2D eigenvalue weighted by Crippen LogP contribution is -2.36. The van der Waals surface area contributed by atoms with Crippen LogP contribution in [0.2, 0.25) is 0 Å². The molecule has 0 aliphatic carbocycles. The molecule has 0 fully saturated rings. The highest BCUT2D eigenvalue weighted by molar-refractivity contribution is 7.99. The molecule has 1 nitrogen and oxygen atoms in total. The molecule has 16 heavy (non-hydrogen) atoms. The second kappa shape index (κ2) is 8.15. The zero-order valence-corrected chi connectivity index (χ0v) is 12.2. The van der Waals surface area contributed by atoms with Gasteiger partial charge >= 0.3 is 0 Å². The van der Waals surface area contributed by atoms with Crippen molar-refractivity contribution in [3.05, 3.63) is 22.4 Å². The van der Waals surface area contributed by atoms with Crippen LogP contribution in [0, 0.1) is 0 Å². The molecule has 0 bridgehead atoms. The van der Waals surface area contributed by atoms with E-state index in [9.17, 15) is 0 Å². The SMILES string of the molecule is CCSCCC(C)NC(C)Cc1ccsc1. The van der Waals surface area contributed by atoms with Crippen LogP contribution in [0.5, 0.6) is 0 Å². The Labute approximate surface area is 108 Å². The van der Waals surface area contributed by atoms with Crippen LogP contribution in [-0.4, -0.2) is 23.6 Å². The summed E-state index contributed by atoms with van der Waals surface area (Å²) in [5.41, 5.74) is 1.46. The van der Waals surface area contributed by atoms with Crippen molar-refractivity contribution < 1.29 is 0 Å². The van der Waals surface area contributed by atoms with E-state index in [0.29, 0.717) is 12.1 Å². The summed E-state index contributed by atoms with van der Waals surface area (Å²) >= 11 is 3.82. The van der Waals surface area contributed by atoms with Gasteiger partial charge in [-0.15, -0.1) is 0 Å². The number of hydrogen-bond acceptors (Lipinski definition) is 3. The van der Waals surface area contributed by atoms with Crippen LogP contribution in [0.1, 0.15) is 32.8 Å². The highest BCUT2D eigenvalue weighted by Crippen LogP contribution is 2.10. The molecule has 2 unspecified atom stereocenters. The summed E-state index contributed by atoms with van der Waals surface area (Å²) in [7, 11) is 0. The summed E-state index contributed by atoms with van der Waals surface area (Å²) in [4.78, 5) is 0. The summed E-state index contributed by atoms with van der Waals surface area (Å²) in [5.74, 6) is 2.51. The highest BCUT2D eigenvalue weighted by atomic mass is 32.2. The maximum atomic E-state index is 3.67. The molecule has 92 valence electrons. The molecular formula is C13H23NS2. The Morgan fingerprint density at radius 1 is 1.38 bits per heavy atom. The number of thioether (sulfide) groups is 1. The summed E-state index contributed by atoms with van der Waals surface area (Å²) in [5, 5.41) is 8.07. The van der Waals surface area contributed by atoms with Gasteiger partial charge in [0.05, 0.1) is 0 Å². The predicted octanol–water partition coefficient (Wildman–Crippen LogP) is 3.80. The summed E-state index contributed by atoms with van der Waals surface area (Å²) in [6.07, 6.45) is 2.42. The van der Waals surface area contributed by atoms with Gasteiger partial charge in [-0.3, -0.25) is 0 Å². The molecular weight excluding hydrogens is 234 g/mol. The first kappa shape index (κ1) is 14.1. The lowest BCUT2D eigenvalue weighted by molar-refractivity contribution is 0.458. The minimum atomic E-state index is 0.580. The van der Waals surface area contributed by atoms with Crippen LogP contribution in [0.15, 0.2) is 16.8 Å². The Morgan fingerprint density at radius 2 is 2.19 bits per heavy atom. The smallest absolute Gasteiger partial charge is 0.00819 e.